The standard InChI is InChI=1S/C21H26N2O3S/c1-21(2,3)17-4-6-18(7-5-17)27-15-19(24)22-9-11-23(12-10-22)20(25)16-8-13-26-14-16/h4-8,13-14H,9-12,15H2,1-3H3. The van der Waals surface area contributed by atoms with Gasteiger partial charge in [0.2, 0.25) is 5.91 Å². The van der Waals surface area contributed by atoms with Gasteiger partial charge in [-0.05, 0) is 29.2 Å². The van der Waals surface area contributed by atoms with Gasteiger partial charge in [-0.3, -0.25) is 9.59 Å². The number of benzene rings is 1. The average molecular weight is 387 g/mol. The molecule has 2 amide bonds. The lowest BCUT2D eigenvalue weighted by molar-refractivity contribution is -0.129. The van der Waals surface area contributed by atoms with Crippen molar-refractivity contribution in [3.8, 4) is 0 Å². The van der Waals surface area contributed by atoms with E-state index in [1.165, 1.54) is 18.1 Å². The third kappa shape index (κ3) is 4.95. The molecule has 1 saturated heterocycles. The summed E-state index contributed by atoms with van der Waals surface area (Å²) in [6.45, 7) is 8.83. The molecule has 3 rings (SSSR count). The topological polar surface area (TPSA) is 53.8 Å². The Morgan fingerprint density at radius 3 is 2.19 bits per heavy atom. The lowest BCUT2D eigenvalue weighted by Gasteiger charge is -2.34. The molecule has 1 aliphatic rings. The minimum atomic E-state index is -0.0378. The Morgan fingerprint density at radius 2 is 1.63 bits per heavy atom. The van der Waals surface area contributed by atoms with Crippen molar-refractivity contribution in [3.63, 3.8) is 0 Å². The summed E-state index contributed by atoms with van der Waals surface area (Å²) >= 11 is 1.56. The molecule has 6 heteroatoms. The van der Waals surface area contributed by atoms with Crippen molar-refractivity contribution in [3.05, 3.63) is 54.0 Å². The van der Waals surface area contributed by atoms with Crippen LogP contribution in [0.5, 0.6) is 0 Å². The molecule has 0 aliphatic carbocycles. The number of hydrogen-bond donors (Lipinski definition) is 0. The van der Waals surface area contributed by atoms with Gasteiger partial charge in [0.15, 0.2) is 0 Å². The Hall–Kier alpha value is -2.21. The SMILES string of the molecule is CC(C)(C)c1ccc(SCC(=O)N2CCN(C(=O)c3ccoc3)CC2)cc1. The first-order chi connectivity index (χ1) is 12.8. The quantitative estimate of drug-likeness (QED) is 0.753. The van der Waals surface area contributed by atoms with Gasteiger partial charge in [-0.15, -0.1) is 11.8 Å². The maximum Gasteiger partial charge on any atom is 0.257 e. The van der Waals surface area contributed by atoms with Gasteiger partial charge in [-0.25, -0.2) is 0 Å². The van der Waals surface area contributed by atoms with E-state index in [9.17, 15) is 9.59 Å². The zero-order valence-corrected chi connectivity index (χ0v) is 16.9. The average Bonchev–Trinajstić information content (AvgIpc) is 3.20. The third-order valence-electron chi connectivity index (χ3n) is 4.77. The maximum atomic E-state index is 12.5. The predicted octanol–water partition coefficient (Wildman–Crippen LogP) is 3.65. The highest BCUT2D eigenvalue weighted by Crippen LogP contribution is 2.26. The van der Waals surface area contributed by atoms with Crippen LogP contribution in [0.2, 0.25) is 0 Å². The second kappa shape index (κ2) is 8.21. The Bertz CT molecular complexity index is 771. The zero-order valence-electron chi connectivity index (χ0n) is 16.1. The van der Waals surface area contributed by atoms with Gasteiger partial charge in [-0.2, -0.15) is 0 Å². The number of carbonyl (C=O) groups is 2. The van der Waals surface area contributed by atoms with Gasteiger partial charge in [0.05, 0.1) is 17.6 Å². The Labute approximate surface area is 164 Å². The summed E-state index contributed by atoms with van der Waals surface area (Å²) in [4.78, 5) is 29.5. The van der Waals surface area contributed by atoms with Crippen LogP contribution in [0.15, 0.2) is 52.2 Å². The van der Waals surface area contributed by atoms with Crippen molar-refractivity contribution >= 4 is 23.6 Å². The number of furan rings is 1. The molecule has 0 radical (unpaired) electrons. The van der Waals surface area contributed by atoms with Crippen LogP contribution < -0.4 is 0 Å². The van der Waals surface area contributed by atoms with E-state index >= 15 is 0 Å². The molecule has 144 valence electrons. The second-order valence-corrected chi connectivity index (χ2v) is 8.80. The number of thioether (sulfide) groups is 1. The first kappa shape index (κ1) is 19.5. The van der Waals surface area contributed by atoms with Gasteiger partial charge >= 0.3 is 0 Å². The summed E-state index contributed by atoms with van der Waals surface area (Å²) in [5, 5.41) is 0. The fourth-order valence-corrected chi connectivity index (χ4v) is 3.82. The minimum absolute atomic E-state index is 0.0378. The Kier molecular flexibility index (Phi) is 5.95. The van der Waals surface area contributed by atoms with Crippen LogP contribution in [0.4, 0.5) is 0 Å². The van der Waals surface area contributed by atoms with E-state index in [0.717, 1.165) is 4.90 Å². The summed E-state index contributed by atoms with van der Waals surface area (Å²) in [6.07, 6.45) is 2.96. The summed E-state index contributed by atoms with van der Waals surface area (Å²) in [6, 6.07) is 10.1. The van der Waals surface area contributed by atoms with Gasteiger partial charge in [0.25, 0.3) is 5.91 Å². The molecule has 1 aliphatic heterocycles. The van der Waals surface area contributed by atoms with E-state index in [0.29, 0.717) is 37.5 Å². The summed E-state index contributed by atoms with van der Waals surface area (Å²) in [5.74, 6) is 0.504. The highest BCUT2D eigenvalue weighted by molar-refractivity contribution is 8.00. The first-order valence-electron chi connectivity index (χ1n) is 9.17. The van der Waals surface area contributed by atoms with Crippen LogP contribution in [0.3, 0.4) is 0 Å². The smallest absolute Gasteiger partial charge is 0.257 e. The third-order valence-corrected chi connectivity index (χ3v) is 5.77. The van der Waals surface area contributed by atoms with Crippen LogP contribution in [0.25, 0.3) is 0 Å². The summed E-state index contributed by atoms with van der Waals surface area (Å²) < 4.78 is 4.97. The molecule has 5 nitrogen and oxygen atoms in total. The largest absolute Gasteiger partial charge is 0.472 e. The normalized spacial score (nSPS) is 15.1. The molecule has 1 aromatic heterocycles. The molecular formula is C21H26N2O3S. The van der Waals surface area contributed by atoms with E-state index in [2.05, 4.69) is 45.0 Å². The van der Waals surface area contributed by atoms with Crippen LogP contribution in [0, 0.1) is 0 Å². The molecule has 0 saturated carbocycles. The van der Waals surface area contributed by atoms with Gasteiger partial charge < -0.3 is 14.2 Å². The first-order valence-corrected chi connectivity index (χ1v) is 10.2. The second-order valence-electron chi connectivity index (χ2n) is 7.75. The highest BCUT2D eigenvalue weighted by atomic mass is 32.2. The molecule has 0 atom stereocenters. The van der Waals surface area contributed by atoms with Crippen molar-refractivity contribution in [2.24, 2.45) is 0 Å². The maximum absolute atomic E-state index is 12.5. The fourth-order valence-electron chi connectivity index (χ4n) is 3.02. The molecular weight excluding hydrogens is 360 g/mol. The Balaban J connectivity index is 1.46. The molecule has 1 fully saturated rings. The van der Waals surface area contributed by atoms with E-state index in [1.54, 1.807) is 22.7 Å². The molecule has 27 heavy (non-hydrogen) atoms. The van der Waals surface area contributed by atoms with Gasteiger partial charge in [0.1, 0.15) is 6.26 Å². The van der Waals surface area contributed by atoms with E-state index in [1.807, 2.05) is 4.90 Å². The van der Waals surface area contributed by atoms with Crippen LogP contribution in [0.1, 0.15) is 36.7 Å². The Morgan fingerprint density at radius 1 is 1.00 bits per heavy atom. The monoisotopic (exact) mass is 386 g/mol. The summed E-state index contributed by atoms with van der Waals surface area (Å²) in [7, 11) is 0. The number of carbonyl (C=O) groups excluding carboxylic acids is 2. The molecule has 2 aromatic rings. The van der Waals surface area contributed by atoms with Gasteiger partial charge in [-0.1, -0.05) is 32.9 Å². The van der Waals surface area contributed by atoms with Crippen molar-refractivity contribution in [2.75, 3.05) is 31.9 Å². The molecule has 0 unspecified atom stereocenters. The van der Waals surface area contributed by atoms with Crippen LogP contribution >= 0.6 is 11.8 Å². The van der Waals surface area contributed by atoms with Crippen molar-refractivity contribution in [1.29, 1.82) is 0 Å². The van der Waals surface area contributed by atoms with Crippen molar-refractivity contribution < 1.29 is 14.0 Å². The van der Waals surface area contributed by atoms with E-state index in [4.69, 9.17) is 4.42 Å². The molecule has 1 aromatic carbocycles. The number of nitrogens with zero attached hydrogens (tertiary/aromatic N) is 2. The van der Waals surface area contributed by atoms with Gasteiger partial charge in [0, 0.05) is 31.1 Å². The molecule has 0 N–H and O–H groups in total. The number of piperazine rings is 1. The molecule has 2 heterocycles. The molecule has 0 spiro atoms. The highest BCUT2D eigenvalue weighted by Gasteiger charge is 2.25. The number of rotatable bonds is 4. The lowest BCUT2D eigenvalue weighted by atomic mass is 9.87. The summed E-state index contributed by atoms with van der Waals surface area (Å²) in [5.41, 5.74) is 1.98. The molecule has 0 bridgehead atoms. The van der Waals surface area contributed by atoms with Crippen molar-refractivity contribution in [2.45, 2.75) is 31.1 Å². The zero-order chi connectivity index (χ0) is 19.4. The van der Waals surface area contributed by atoms with Crippen molar-refractivity contribution in [1.82, 2.24) is 9.80 Å². The fraction of sp³-hybridized carbons (Fsp3) is 0.429. The number of hydrogen-bond acceptors (Lipinski definition) is 4. The van der Waals surface area contributed by atoms with E-state index < -0.39 is 0 Å². The predicted molar refractivity (Wildman–Crippen MR) is 107 cm³/mol. The lowest BCUT2D eigenvalue weighted by Crippen LogP contribution is -2.51. The minimum Gasteiger partial charge on any atom is -0.472 e. The van der Waals surface area contributed by atoms with Crippen LogP contribution in [-0.2, 0) is 10.2 Å². The van der Waals surface area contributed by atoms with E-state index in [-0.39, 0.29) is 17.2 Å². The van der Waals surface area contributed by atoms with Crippen LogP contribution in [-0.4, -0.2) is 53.5 Å². The number of amides is 2.